The van der Waals surface area contributed by atoms with Gasteiger partial charge in [0.05, 0.1) is 0 Å². The molecule has 16 heavy (non-hydrogen) atoms. The largest absolute Gasteiger partial charge is 0.486 e. The lowest BCUT2D eigenvalue weighted by atomic mass is 10.2. The monoisotopic (exact) mass is 219 g/mol. The highest BCUT2D eigenvalue weighted by Crippen LogP contribution is 2.34. The predicted molar refractivity (Wildman–Crippen MR) is 57.9 cm³/mol. The molecule has 0 spiro atoms. The van der Waals surface area contributed by atoms with Crippen LogP contribution in [0.1, 0.15) is 0 Å². The first-order valence-electron chi connectivity index (χ1n) is 4.87. The Balaban J connectivity index is 2.31. The zero-order valence-corrected chi connectivity index (χ0v) is 8.36. The fraction of sp³-hybridized carbons (Fsp3) is 0.182. The lowest BCUT2D eigenvalue weighted by molar-refractivity contribution is 0.172. The number of fused-ring (bicyclic) bond motifs is 2. The molecule has 0 fully saturated rings. The Labute approximate surface area is 90.4 Å². The van der Waals surface area contributed by atoms with E-state index in [4.69, 9.17) is 19.6 Å². The van der Waals surface area contributed by atoms with Crippen molar-refractivity contribution in [2.45, 2.75) is 0 Å². The molecule has 0 radical (unpaired) electrons. The molecule has 0 saturated carbocycles. The average molecular weight is 219 g/mol. The number of hydrogen-bond acceptors (Lipinski definition) is 5. The molecule has 5 heteroatoms. The smallest absolute Gasteiger partial charge is 0.359 e. The van der Waals surface area contributed by atoms with Gasteiger partial charge in [-0.1, -0.05) is 0 Å². The Morgan fingerprint density at radius 2 is 1.75 bits per heavy atom. The van der Waals surface area contributed by atoms with Crippen molar-refractivity contribution in [3.05, 3.63) is 28.6 Å². The minimum absolute atomic E-state index is 0.0872. The quantitative estimate of drug-likeness (QED) is 0.672. The topological polar surface area (TPSA) is 74.7 Å². The molecule has 0 amide bonds. The Bertz CT molecular complexity index is 617. The number of hydrogen-bond donors (Lipinski definition) is 1. The highest BCUT2D eigenvalue weighted by molar-refractivity contribution is 5.83. The third kappa shape index (κ3) is 1.29. The molecule has 1 aromatic carbocycles. The lowest BCUT2D eigenvalue weighted by Gasteiger charge is -2.18. The van der Waals surface area contributed by atoms with Crippen molar-refractivity contribution in [1.29, 1.82) is 0 Å². The molecule has 5 nitrogen and oxygen atoms in total. The van der Waals surface area contributed by atoms with Crippen molar-refractivity contribution < 1.29 is 13.9 Å². The van der Waals surface area contributed by atoms with Gasteiger partial charge in [0, 0.05) is 11.5 Å². The van der Waals surface area contributed by atoms with Crippen LogP contribution >= 0.6 is 0 Å². The van der Waals surface area contributed by atoms with Crippen LogP contribution in [0.4, 0.5) is 5.69 Å². The third-order valence-electron chi connectivity index (χ3n) is 2.42. The highest BCUT2D eigenvalue weighted by Gasteiger charge is 2.14. The molecular weight excluding hydrogens is 210 g/mol. The average Bonchev–Trinajstić information content (AvgIpc) is 2.28. The minimum atomic E-state index is -0.538. The number of nitrogen functional groups attached to an aromatic ring is 1. The summed E-state index contributed by atoms with van der Waals surface area (Å²) in [5.74, 6) is 1.23. The van der Waals surface area contributed by atoms with Crippen LogP contribution in [0.15, 0.2) is 27.4 Å². The summed E-state index contributed by atoms with van der Waals surface area (Å²) in [7, 11) is 0. The number of anilines is 1. The molecular formula is C11H9NO4. The summed E-state index contributed by atoms with van der Waals surface area (Å²) in [4.78, 5) is 11.2. The Hall–Kier alpha value is -2.17. The number of nitrogens with two attached hydrogens (primary N) is 1. The fourth-order valence-electron chi connectivity index (χ4n) is 1.67. The van der Waals surface area contributed by atoms with Gasteiger partial charge < -0.3 is 19.6 Å². The van der Waals surface area contributed by atoms with Crippen molar-refractivity contribution in [2.24, 2.45) is 0 Å². The predicted octanol–water partition coefficient (Wildman–Crippen LogP) is 1.15. The maximum absolute atomic E-state index is 11.2. The lowest BCUT2D eigenvalue weighted by Crippen LogP contribution is -2.15. The second kappa shape index (κ2) is 3.16. The van der Waals surface area contributed by atoms with Gasteiger partial charge in [-0.2, -0.15) is 0 Å². The molecule has 1 aromatic heterocycles. The van der Waals surface area contributed by atoms with E-state index >= 15 is 0 Å². The molecule has 0 atom stereocenters. The van der Waals surface area contributed by atoms with Gasteiger partial charge in [-0.25, -0.2) is 4.79 Å². The molecule has 3 rings (SSSR count). The van der Waals surface area contributed by atoms with Crippen LogP contribution in [0.3, 0.4) is 0 Å². The first-order valence-corrected chi connectivity index (χ1v) is 4.87. The Morgan fingerprint density at radius 3 is 2.50 bits per heavy atom. The molecule has 82 valence electrons. The van der Waals surface area contributed by atoms with Gasteiger partial charge in [0.2, 0.25) is 0 Å². The summed E-state index contributed by atoms with van der Waals surface area (Å²) in [6.07, 6.45) is 0. The van der Waals surface area contributed by atoms with E-state index in [9.17, 15) is 4.79 Å². The van der Waals surface area contributed by atoms with Gasteiger partial charge in [0.1, 0.15) is 24.5 Å². The normalized spacial score (nSPS) is 14.0. The summed E-state index contributed by atoms with van der Waals surface area (Å²) in [6, 6.07) is 4.97. The standard InChI is InChI=1S/C11H9NO4/c12-7-3-6-4-9-10(15-2-1-14-9)5-8(6)16-11(7)13/h3-5H,1-2,12H2. The zero-order valence-electron chi connectivity index (χ0n) is 8.36. The first-order chi connectivity index (χ1) is 7.74. The van der Waals surface area contributed by atoms with Gasteiger partial charge in [0.15, 0.2) is 11.5 Å². The van der Waals surface area contributed by atoms with Gasteiger partial charge in [-0.3, -0.25) is 0 Å². The Kier molecular flexibility index (Phi) is 1.80. The van der Waals surface area contributed by atoms with Crippen LogP contribution in [0.25, 0.3) is 11.0 Å². The van der Waals surface area contributed by atoms with Crippen molar-refractivity contribution in [2.75, 3.05) is 18.9 Å². The minimum Gasteiger partial charge on any atom is -0.486 e. The van der Waals surface area contributed by atoms with Crippen LogP contribution in [0.2, 0.25) is 0 Å². The molecule has 1 aliphatic heterocycles. The molecule has 2 aromatic rings. The number of rotatable bonds is 0. The van der Waals surface area contributed by atoms with E-state index in [1.807, 2.05) is 0 Å². The SMILES string of the molecule is Nc1cc2cc3c(cc2oc1=O)OCCO3. The van der Waals surface area contributed by atoms with Crippen LogP contribution in [-0.4, -0.2) is 13.2 Å². The summed E-state index contributed by atoms with van der Waals surface area (Å²) in [5.41, 5.74) is 5.48. The molecule has 0 bridgehead atoms. The van der Waals surface area contributed by atoms with E-state index < -0.39 is 5.63 Å². The van der Waals surface area contributed by atoms with E-state index in [-0.39, 0.29) is 5.69 Å². The zero-order chi connectivity index (χ0) is 11.1. The van der Waals surface area contributed by atoms with Gasteiger partial charge >= 0.3 is 5.63 Å². The van der Waals surface area contributed by atoms with Crippen LogP contribution in [-0.2, 0) is 0 Å². The summed E-state index contributed by atoms with van der Waals surface area (Å²) < 4.78 is 15.8. The van der Waals surface area contributed by atoms with Crippen molar-refractivity contribution in [3.8, 4) is 11.5 Å². The van der Waals surface area contributed by atoms with E-state index in [2.05, 4.69) is 0 Å². The van der Waals surface area contributed by atoms with Crippen molar-refractivity contribution in [1.82, 2.24) is 0 Å². The van der Waals surface area contributed by atoms with Gasteiger partial charge in [-0.05, 0) is 12.1 Å². The van der Waals surface area contributed by atoms with Crippen LogP contribution < -0.4 is 20.8 Å². The fourth-order valence-corrected chi connectivity index (χ4v) is 1.67. The maximum atomic E-state index is 11.2. The van der Waals surface area contributed by atoms with Crippen molar-refractivity contribution >= 4 is 16.7 Å². The first kappa shape index (κ1) is 9.08. The second-order valence-corrected chi connectivity index (χ2v) is 3.52. The van der Waals surface area contributed by atoms with E-state index in [1.165, 1.54) is 0 Å². The van der Waals surface area contributed by atoms with Crippen LogP contribution in [0.5, 0.6) is 11.5 Å². The number of benzene rings is 1. The maximum Gasteiger partial charge on any atom is 0.359 e. The van der Waals surface area contributed by atoms with E-state index in [0.717, 1.165) is 5.39 Å². The summed E-state index contributed by atoms with van der Waals surface area (Å²) >= 11 is 0. The Morgan fingerprint density at radius 1 is 1.06 bits per heavy atom. The molecule has 1 aliphatic rings. The molecule has 2 N–H and O–H groups in total. The molecule has 0 aliphatic carbocycles. The van der Waals surface area contributed by atoms with E-state index in [0.29, 0.717) is 30.3 Å². The molecule has 0 saturated heterocycles. The summed E-state index contributed by atoms with van der Waals surface area (Å²) in [6.45, 7) is 1.02. The van der Waals surface area contributed by atoms with E-state index in [1.54, 1.807) is 18.2 Å². The third-order valence-corrected chi connectivity index (χ3v) is 2.42. The van der Waals surface area contributed by atoms with Crippen molar-refractivity contribution in [3.63, 3.8) is 0 Å². The summed E-state index contributed by atoms with van der Waals surface area (Å²) in [5, 5.41) is 0.723. The number of ether oxygens (including phenoxy) is 2. The van der Waals surface area contributed by atoms with Crippen LogP contribution in [0, 0.1) is 0 Å². The van der Waals surface area contributed by atoms with Gasteiger partial charge in [-0.15, -0.1) is 0 Å². The molecule has 0 unspecified atom stereocenters. The van der Waals surface area contributed by atoms with Gasteiger partial charge in [0.25, 0.3) is 0 Å². The highest BCUT2D eigenvalue weighted by atomic mass is 16.6. The second-order valence-electron chi connectivity index (χ2n) is 3.52. The molecule has 2 heterocycles.